The average Bonchev–Trinajstić information content (AvgIpc) is 3.30. The van der Waals surface area contributed by atoms with Gasteiger partial charge in [-0.15, -0.1) is 0 Å². The van der Waals surface area contributed by atoms with Crippen LogP contribution in [-0.4, -0.2) is 59.2 Å². The van der Waals surface area contributed by atoms with Gasteiger partial charge in [0.1, 0.15) is 10.5 Å². The molecule has 0 atom stereocenters. The predicted molar refractivity (Wildman–Crippen MR) is 145 cm³/mol. The summed E-state index contributed by atoms with van der Waals surface area (Å²) in [5.41, 5.74) is 0.977. The van der Waals surface area contributed by atoms with Gasteiger partial charge in [-0.05, 0) is 42.0 Å². The van der Waals surface area contributed by atoms with Crippen LogP contribution >= 0.6 is 34.5 Å². The Morgan fingerprint density at radius 1 is 0.974 bits per heavy atom. The summed E-state index contributed by atoms with van der Waals surface area (Å²) in [6.45, 7) is 4.57. The standard InChI is InChI=1S/C25H23Cl2F3N6OS/c26-18-2-1-3-19(27)17(18)14-20-33-21-22(32-16-6-4-15(5-7-16)25(28,29)30)34-24(35-23(21)38-20)31-8-9-36-10-12-37-13-11-36/h1-7H,8-14H2,(H2,31,32,34,35). The number of thiazole rings is 1. The van der Waals surface area contributed by atoms with Crippen molar-refractivity contribution in [2.45, 2.75) is 12.6 Å². The Kier molecular flexibility index (Phi) is 8.20. The Bertz CT molecular complexity index is 1390. The van der Waals surface area contributed by atoms with Crippen LogP contribution in [0, 0.1) is 0 Å². The highest BCUT2D eigenvalue weighted by Crippen LogP contribution is 2.34. The summed E-state index contributed by atoms with van der Waals surface area (Å²) in [5.74, 6) is 0.780. The molecule has 0 bridgehead atoms. The summed E-state index contributed by atoms with van der Waals surface area (Å²) in [4.78, 5) is 16.9. The molecule has 13 heteroatoms. The van der Waals surface area contributed by atoms with Gasteiger partial charge >= 0.3 is 6.18 Å². The van der Waals surface area contributed by atoms with Crippen LogP contribution in [0.25, 0.3) is 10.3 Å². The van der Waals surface area contributed by atoms with Crippen LogP contribution in [0.1, 0.15) is 16.1 Å². The molecule has 0 unspecified atom stereocenters. The van der Waals surface area contributed by atoms with Gasteiger partial charge in [-0.3, -0.25) is 4.90 Å². The second kappa shape index (κ2) is 11.6. The van der Waals surface area contributed by atoms with Crippen molar-refractivity contribution in [2.24, 2.45) is 0 Å². The number of fused-ring (bicyclic) bond motifs is 1. The first-order chi connectivity index (χ1) is 18.3. The number of ether oxygens (including phenoxy) is 1. The molecule has 2 aromatic heterocycles. The van der Waals surface area contributed by atoms with Crippen molar-refractivity contribution in [3.63, 3.8) is 0 Å². The average molecular weight is 583 g/mol. The molecule has 1 saturated heterocycles. The molecule has 1 aliphatic heterocycles. The van der Waals surface area contributed by atoms with Gasteiger partial charge in [0, 0.05) is 48.3 Å². The summed E-state index contributed by atoms with van der Waals surface area (Å²) in [7, 11) is 0. The summed E-state index contributed by atoms with van der Waals surface area (Å²) < 4.78 is 44.4. The third-order valence-corrected chi connectivity index (χ3v) is 7.64. The molecule has 4 aromatic rings. The lowest BCUT2D eigenvalue weighted by Crippen LogP contribution is -2.39. The highest BCUT2D eigenvalue weighted by molar-refractivity contribution is 7.18. The fraction of sp³-hybridized carbons (Fsp3) is 0.320. The lowest BCUT2D eigenvalue weighted by atomic mass is 10.1. The first kappa shape index (κ1) is 26.9. The minimum atomic E-state index is -4.41. The third kappa shape index (κ3) is 6.47. The van der Waals surface area contributed by atoms with Gasteiger partial charge in [-0.1, -0.05) is 40.6 Å². The number of hydrogen-bond donors (Lipinski definition) is 2. The van der Waals surface area contributed by atoms with E-state index in [4.69, 9.17) is 32.9 Å². The van der Waals surface area contributed by atoms with Gasteiger partial charge in [0.05, 0.1) is 18.8 Å². The fourth-order valence-electron chi connectivity index (χ4n) is 3.99. The van der Waals surface area contributed by atoms with E-state index in [1.54, 1.807) is 18.2 Å². The van der Waals surface area contributed by atoms with E-state index in [9.17, 15) is 13.2 Å². The number of nitrogens with zero attached hydrogens (tertiary/aromatic N) is 4. The summed E-state index contributed by atoms with van der Waals surface area (Å²) in [6, 6.07) is 10.1. The molecule has 5 rings (SSSR count). The minimum absolute atomic E-state index is 0.386. The maximum Gasteiger partial charge on any atom is 0.416 e. The molecule has 1 fully saturated rings. The van der Waals surface area contributed by atoms with Gasteiger partial charge in [0.25, 0.3) is 0 Å². The number of alkyl halides is 3. The van der Waals surface area contributed by atoms with Gasteiger partial charge < -0.3 is 15.4 Å². The number of halogens is 5. The summed E-state index contributed by atoms with van der Waals surface area (Å²) >= 11 is 14.1. The van der Waals surface area contributed by atoms with E-state index in [1.165, 1.54) is 23.5 Å². The summed E-state index contributed by atoms with van der Waals surface area (Å²) in [6.07, 6.45) is -4.01. The second-order valence-corrected chi connectivity index (χ2v) is 10.5. The number of nitrogens with one attached hydrogen (secondary N) is 2. The van der Waals surface area contributed by atoms with Crippen molar-refractivity contribution in [1.82, 2.24) is 19.9 Å². The monoisotopic (exact) mass is 582 g/mol. The number of aromatic nitrogens is 3. The van der Waals surface area contributed by atoms with Crippen LogP contribution in [0.3, 0.4) is 0 Å². The van der Waals surface area contributed by atoms with Gasteiger partial charge in [-0.25, -0.2) is 9.97 Å². The van der Waals surface area contributed by atoms with Crippen molar-refractivity contribution in [3.8, 4) is 0 Å². The van der Waals surface area contributed by atoms with E-state index in [-0.39, 0.29) is 0 Å². The largest absolute Gasteiger partial charge is 0.416 e. The van der Waals surface area contributed by atoms with E-state index in [2.05, 4.69) is 25.5 Å². The maximum absolute atomic E-state index is 13.0. The summed E-state index contributed by atoms with van der Waals surface area (Å²) in [5, 5.41) is 8.18. The smallest absolute Gasteiger partial charge is 0.379 e. The number of rotatable bonds is 8. The Labute approximate surface area is 231 Å². The highest BCUT2D eigenvalue weighted by atomic mass is 35.5. The first-order valence-electron chi connectivity index (χ1n) is 11.8. The number of morpholine rings is 1. The zero-order valence-electron chi connectivity index (χ0n) is 20.0. The van der Waals surface area contributed by atoms with Gasteiger partial charge in [0.2, 0.25) is 5.95 Å². The highest BCUT2D eigenvalue weighted by Gasteiger charge is 2.30. The predicted octanol–water partition coefficient (Wildman–Crippen LogP) is 6.49. The SMILES string of the molecule is FC(F)(F)c1ccc(Nc2nc(NCCN3CCOCC3)nc3sc(Cc4c(Cl)cccc4Cl)nc23)cc1. The van der Waals surface area contributed by atoms with E-state index >= 15 is 0 Å². The van der Waals surface area contributed by atoms with Crippen molar-refractivity contribution in [3.05, 3.63) is 68.6 Å². The normalized spacial score (nSPS) is 14.7. The number of hydrogen-bond acceptors (Lipinski definition) is 8. The van der Waals surface area contributed by atoms with Crippen LogP contribution < -0.4 is 10.6 Å². The number of anilines is 3. The lowest BCUT2D eigenvalue weighted by molar-refractivity contribution is -0.137. The molecule has 2 aromatic carbocycles. The second-order valence-electron chi connectivity index (χ2n) is 8.62. The van der Waals surface area contributed by atoms with Crippen LogP contribution in [-0.2, 0) is 17.3 Å². The first-order valence-corrected chi connectivity index (χ1v) is 13.4. The van der Waals surface area contributed by atoms with E-state index < -0.39 is 11.7 Å². The molecule has 200 valence electrons. The van der Waals surface area contributed by atoms with E-state index in [0.717, 1.165) is 42.3 Å². The molecule has 1 aliphatic rings. The van der Waals surface area contributed by atoms with Crippen molar-refractivity contribution in [2.75, 3.05) is 50.0 Å². The molecular weight excluding hydrogens is 560 g/mol. The van der Waals surface area contributed by atoms with Crippen molar-refractivity contribution >= 4 is 62.3 Å². The molecule has 0 radical (unpaired) electrons. The third-order valence-electron chi connectivity index (χ3n) is 5.98. The molecule has 0 amide bonds. The molecular formula is C25H23Cl2F3N6OS. The number of benzene rings is 2. The van der Waals surface area contributed by atoms with Crippen LogP contribution in [0.4, 0.5) is 30.6 Å². The van der Waals surface area contributed by atoms with Crippen molar-refractivity contribution < 1.29 is 17.9 Å². The minimum Gasteiger partial charge on any atom is -0.379 e. The van der Waals surface area contributed by atoms with E-state index in [0.29, 0.717) is 64.0 Å². The van der Waals surface area contributed by atoms with Crippen LogP contribution in [0.5, 0.6) is 0 Å². The molecule has 38 heavy (non-hydrogen) atoms. The molecule has 0 saturated carbocycles. The fourth-order valence-corrected chi connectivity index (χ4v) is 5.47. The Hall–Kier alpha value is -2.70. The molecule has 0 spiro atoms. The zero-order valence-corrected chi connectivity index (χ0v) is 22.3. The Morgan fingerprint density at radius 3 is 2.37 bits per heavy atom. The van der Waals surface area contributed by atoms with Gasteiger partial charge in [0.15, 0.2) is 10.6 Å². The van der Waals surface area contributed by atoms with Crippen LogP contribution in [0.15, 0.2) is 42.5 Å². The van der Waals surface area contributed by atoms with Crippen molar-refractivity contribution in [1.29, 1.82) is 0 Å². The lowest BCUT2D eigenvalue weighted by Gasteiger charge is -2.26. The quantitative estimate of drug-likeness (QED) is 0.246. The maximum atomic E-state index is 13.0. The molecule has 2 N–H and O–H groups in total. The van der Waals surface area contributed by atoms with Crippen LogP contribution in [0.2, 0.25) is 10.0 Å². The molecule has 3 heterocycles. The molecule has 0 aliphatic carbocycles. The Balaban J connectivity index is 1.42. The Morgan fingerprint density at radius 2 is 1.68 bits per heavy atom. The van der Waals surface area contributed by atoms with Gasteiger partial charge in [-0.2, -0.15) is 18.2 Å². The topological polar surface area (TPSA) is 75.2 Å². The molecule has 7 nitrogen and oxygen atoms in total. The van der Waals surface area contributed by atoms with E-state index in [1.807, 2.05) is 0 Å². The zero-order chi connectivity index (χ0) is 26.7.